The average Bonchev–Trinajstić information content (AvgIpc) is 2.40. The molecule has 0 spiro atoms. The third kappa shape index (κ3) is 2.62. The molecule has 0 aliphatic rings. The molecular weight excluding hydrogens is 249 g/mol. The van der Waals surface area contributed by atoms with Crippen LogP contribution < -0.4 is 16.1 Å². The largest absolute Gasteiger partial charge is 0.357 e. The van der Waals surface area contributed by atoms with Gasteiger partial charge in [-0.1, -0.05) is 12.1 Å². The lowest BCUT2D eigenvalue weighted by Crippen LogP contribution is -2.30. The standard InChI is InChI=1S/C13H12FN3O2/c1-2-6-15-13(19)17-10-7-16-11-8(12(10)18)4-3-5-9(11)14/h2-5,7H,1,6H2,(H,16,18)(H2,15,17,19). The van der Waals surface area contributed by atoms with E-state index in [0.29, 0.717) is 0 Å². The molecule has 0 unspecified atom stereocenters. The zero-order chi connectivity index (χ0) is 13.8. The summed E-state index contributed by atoms with van der Waals surface area (Å²) >= 11 is 0. The van der Waals surface area contributed by atoms with E-state index in [9.17, 15) is 14.0 Å². The van der Waals surface area contributed by atoms with Gasteiger partial charge in [0.1, 0.15) is 11.5 Å². The Balaban J connectivity index is 2.36. The molecule has 0 aliphatic heterocycles. The van der Waals surface area contributed by atoms with Crippen molar-refractivity contribution in [2.45, 2.75) is 0 Å². The number of aromatic amines is 1. The van der Waals surface area contributed by atoms with Crippen molar-refractivity contribution in [2.75, 3.05) is 11.9 Å². The number of H-pyrrole nitrogens is 1. The summed E-state index contributed by atoms with van der Waals surface area (Å²) in [6, 6.07) is 3.65. The van der Waals surface area contributed by atoms with E-state index in [1.165, 1.54) is 30.5 Å². The van der Waals surface area contributed by atoms with Crippen LogP contribution >= 0.6 is 0 Å². The molecule has 3 N–H and O–H groups in total. The average molecular weight is 261 g/mol. The highest BCUT2D eigenvalue weighted by atomic mass is 19.1. The monoisotopic (exact) mass is 261 g/mol. The summed E-state index contributed by atoms with van der Waals surface area (Å²) in [5.74, 6) is -0.516. The number of benzene rings is 1. The maximum Gasteiger partial charge on any atom is 0.319 e. The van der Waals surface area contributed by atoms with Crippen molar-refractivity contribution >= 4 is 22.6 Å². The molecule has 98 valence electrons. The van der Waals surface area contributed by atoms with Crippen molar-refractivity contribution in [2.24, 2.45) is 0 Å². The number of anilines is 1. The Kier molecular flexibility index (Phi) is 3.61. The van der Waals surface area contributed by atoms with Gasteiger partial charge in [0.25, 0.3) is 0 Å². The van der Waals surface area contributed by atoms with E-state index in [1.807, 2.05) is 0 Å². The van der Waals surface area contributed by atoms with Crippen LogP contribution in [0.1, 0.15) is 0 Å². The summed E-state index contributed by atoms with van der Waals surface area (Å²) in [7, 11) is 0. The second-order valence-corrected chi connectivity index (χ2v) is 3.82. The van der Waals surface area contributed by atoms with Gasteiger partial charge >= 0.3 is 6.03 Å². The molecule has 0 aliphatic carbocycles. The minimum absolute atomic E-state index is 0.0552. The number of carbonyl (C=O) groups excluding carboxylic acids is 1. The molecule has 0 saturated heterocycles. The number of urea groups is 1. The predicted octanol–water partition coefficient (Wildman–Crippen LogP) is 1.97. The lowest BCUT2D eigenvalue weighted by Gasteiger charge is -2.06. The van der Waals surface area contributed by atoms with E-state index >= 15 is 0 Å². The Morgan fingerprint density at radius 1 is 1.47 bits per heavy atom. The molecule has 0 fully saturated rings. The van der Waals surface area contributed by atoms with Crippen LogP contribution in [0.25, 0.3) is 10.9 Å². The first kappa shape index (κ1) is 12.8. The first-order valence-electron chi connectivity index (χ1n) is 5.59. The maximum absolute atomic E-state index is 13.4. The fraction of sp³-hybridized carbons (Fsp3) is 0.0769. The number of amides is 2. The number of halogens is 1. The van der Waals surface area contributed by atoms with E-state index < -0.39 is 17.3 Å². The van der Waals surface area contributed by atoms with Crippen molar-refractivity contribution in [3.63, 3.8) is 0 Å². The molecular formula is C13H12FN3O2. The van der Waals surface area contributed by atoms with Crippen LogP contribution in [0.5, 0.6) is 0 Å². The van der Waals surface area contributed by atoms with E-state index in [4.69, 9.17) is 0 Å². The number of nitrogens with one attached hydrogen (secondary N) is 3. The van der Waals surface area contributed by atoms with Gasteiger partial charge in [0, 0.05) is 12.7 Å². The second kappa shape index (κ2) is 5.34. The zero-order valence-electron chi connectivity index (χ0n) is 10.00. The molecule has 1 heterocycles. The van der Waals surface area contributed by atoms with E-state index in [2.05, 4.69) is 22.2 Å². The van der Waals surface area contributed by atoms with Crippen LogP contribution in [0.2, 0.25) is 0 Å². The molecule has 2 rings (SSSR count). The number of fused-ring (bicyclic) bond motifs is 1. The quantitative estimate of drug-likeness (QED) is 0.739. The molecule has 19 heavy (non-hydrogen) atoms. The number of para-hydroxylation sites is 1. The third-order valence-corrected chi connectivity index (χ3v) is 2.52. The first-order valence-corrected chi connectivity index (χ1v) is 5.59. The number of hydrogen-bond donors (Lipinski definition) is 3. The smallest absolute Gasteiger partial charge is 0.319 e. The highest BCUT2D eigenvalue weighted by Crippen LogP contribution is 2.13. The van der Waals surface area contributed by atoms with E-state index in [-0.39, 0.29) is 23.1 Å². The molecule has 1 aromatic carbocycles. The Hall–Kier alpha value is -2.63. The summed E-state index contributed by atoms with van der Waals surface area (Å²) in [5.41, 5.74) is -0.272. The summed E-state index contributed by atoms with van der Waals surface area (Å²) in [5, 5.41) is 5.05. The highest BCUT2D eigenvalue weighted by molar-refractivity contribution is 5.92. The zero-order valence-corrected chi connectivity index (χ0v) is 10.00. The van der Waals surface area contributed by atoms with Crippen molar-refractivity contribution in [1.82, 2.24) is 10.3 Å². The first-order chi connectivity index (χ1) is 9.13. The molecule has 2 aromatic rings. The van der Waals surface area contributed by atoms with Gasteiger partial charge in [-0.05, 0) is 12.1 Å². The molecule has 5 nitrogen and oxygen atoms in total. The second-order valence-electron chi connectivity index (χ2n) is 3.82. The van der Waals surface area contributed by atoms with Gasteiger partial charge in [-0.15, -0.1) is 6.58 Å². The lowest BCUT2D eigenvalue weighted by atomic mass is 10.2. The normalized spacial score (nSPS) is 10.2. The van der Waals surface area contributed by atoms with Gasteiger partial charge in [0.05, 0.1) is 10.9 Å². The summed E-state index contributed by atoms with van der Waals surface area (Å²) in [4.78, 5) is 26.1. The van der Waals surface area contributed by atoms with Crippen LogP contribution in [0.15, 0.2) is 41.8 Å². The fourth-order valence-corrected chi connectivity index (χ4v) is 1.64. The number of carbonyl (C=O) groups is 1. The molecule has 0 radical (unpaired) electrons. The van der Waals surface area contributed by atoms with Crippen LogP contribution in [0.4, 0.5) is 14.9 Å². The Bertz CT molecular complexity index is 694. The van der Waals surface area contributed by atoms with Crippen LogP contribution in [0.3, 0.4) is 0 Å². The molecule has 6 heteroatoms. The van der Waals surface area contributed by atoms with E-state index in [1.54, 1.807) is 0 Å². The molecule has 0 bridgehead atoms. The number of pyridine rings is 1. The fourth-order valence-electron chi connectivity index (χ4n) is 1.64. The Morgan fingerprint density at radius 3 is 3.00 bits per heavy atom. The van der Waals surface area contributed by atoms with Crippen molar-refractivity contribution < 1.29 is 9.18 Å². The van der Waals surface area contributed by atoms with Crippen LogP contribution in [-0.4, -0.2) is 17.6 Å². The lowest BCUT2D eigenvalue weighted by molar-refractivity contribution is 0.253. The Morgan fingerprint density at radius 2 is 2.26 bits per heavy atom. The topological polar surface area (TPSA) is 74.0 Å². The van der Waals surface area contributed by atoms with Gasteiger partial charge < -0.3 is 15.6 Å². The van der Waals surface area contributed by atoms with Crippen LogP contribution in [0, 0.1) is 5.82 Å². The molecule has 1 aromatic heterocycles. The molecule has 2 amide bonds. The van der Waals surface area contributed by atoms with Gasteiger partial charge in [-0.25, -0.2) is 9.18 Å². The van der Waals surface area contributed by atoms with Crippen molar-refractivity contribution in [3.05, 3.63) is 53.1 Å². The van der Waals surface area contributed by atoms with Crippen molar-refractivity contribution in [1.29, 1.82) is 0 Å². The molecule has 0 atom stereocenters. The van der Waals surface area contributed by atoms with Gasteiger partial charge in [-0.3, -0.25) is 4.79 Å². The SMILES string of the molecule is C=CCNC(=O)Nc1c[nH]c2c(F)cccc2c1=O. The predicted molar refractivity (Wildman–Crippen MR) is 71.7 cm³/mol. The summed E-state index contributed by atoms with van der Waals surface area (Å²) in [6.45, 7) is 3.74. The molecule has 0 saturated carbocycles. The van der Waals surface area contributed by atoms with Crippen molar-refractivity contribution in [3.8, 4) is 0 Å². The number of aromatic nitrogens is 1. The minimum Gasteiger partial charge on any atom is -0.357 e. The maximum atomic E-state index is 13.4. The highest BCUT2D eigenvalue weighted by Gasteiger charge is 2.09. The van der Waals surface area contributed by atoms with Gasteiger partial charge in [0.15, 0.2) is 0 Å². The number of rotatable bonds is 3. The minimum atomic E-state index is -0.527. The summed E-state index contributed by atoms with van der Waals surface area (Å²) in [6.07, 6.45) is 2.78. The third-order valence-electron chi connectivity index (χ3n) is 2.52. The van der Waals surface area contributed by atoms with Crippen LogP contribution in [-0.2, 0) is 0 Å². The van der Waals surface area contributed by atoms with E-state index in [0.717, 1.165) is 0 Å². The summed E-state index contributed by atoms with van der Waals surface area (Å²) < 4.78 is 13.4. The van der Waals surface area contributed by atoms with Gasteiger partial charge in [0.2, 0.25) is 5.43 Å². The van der Waals surface area contributed by atoms with Gasteiger partial charge in [-0.2, -0.15) is 0 Å². The number of hydrogen-bond acceptors (Lipinski definition) is 2. The Labute approximate surface area is 108 Å².